The first-order valence-corrected chi connectivity index (χ1v) is 15.1. The Hall–Kier alpha value is -2.50. The number of halogens is 10. The molecule has 0 saturated heterocycles. The van der Waals surface area contributed by atoms with E-state index in [9.17, 15) is 35.1 Å². The summed E-state index contributed by atoms with van der Waals surface area (Å²) in [5, 5.41) is 0. The van der Waals surface area contributed by atoms with Gasteiger partial charge in [-0.15, -0.1) is 0 Å². The zero-order valence-electron chi connectivity index (χ0n) is 24.3. The van der Waals surface area contributed by atoms with Crippen LogP contribution >= 0.6 is 0 Å². The maximum Gasteiger partial charge on any atom is 0.422 e. The van der Waals surface area contributed by atoms with Crippen molar-refractivity contribution in [3.63, 3.8) is 0 Å². The van der Waals surface area contributed by atoms with Crippen molar-refractivity contribution in [3.8, 4) is 5.75 Å². The van der Waals surface area contributed by atoms with E-state index in [1.54, 1.807) is 6.07 Å². The van der Waals surface area contributed by atoms with Crippen LogP contribution in [0.15, 0.2) is 30.3 Å². The van der Waals surface area contributed by atoms with Gasteiger partial charge in [-0.1, -0.05) is 31.9 Å². The molecule has 0 spiro atoms. The van der Waals surface area contributed by atoms with Gasteiger partial charge in [-0.05, 0) is 87.3 Å². The lowest BCUT2D eigenvalue weighted by Crippen LogP contribution is -2.42. The molecule has 2 aliphatic carbocycles. The van der Waals surface area contributed by atoms with Crippen molar-refractivity contribution in [1.82, 2.24) is 0 Å². The van der Waals surface area contributed by atoms with Gasteiger partial charge in [0.15, 0.2) is 0 Å². The minimum Gasteiger partial charge on any atom is -0.432 e. The molecule has 2 aromatic carbocycles. The highest BCUT2D eigenvalue weighted by atomic mass is 19.4. The van der Waals surface area contributed by atoms with Crippen molar-refractivity contribution < 1.29 is 53.4 Å². The molecule has 0 unspecified atom stereocenters. The van der Waals surface area contributed by atoms with E-state index in [-0.39, 0.29) is 62.4 Å². The highest BCUT2D eigenvalue weighted by Crippen LogP contribution is 2.46. The molecular weight excluding hydrogens is 606 g/mol. The third-order valence-electron chi connectivity index (χ3n) is 8.80. The normalized spacial score (nSPS) is 23.5. The molecule has 44 heavy (non-hydrogen) atoms. The second-order valence-corrected chi connectivity index (χ2v) is 11.9. The Bertz CT molecular complexity index is 1220. The molecule has 0 atom stereocenters. The second-order valence-electron chi connectivity index (χ2n) is 11.9. The van der Waals surface area contributed by atoms with Crippen molar-refractivity contribution in [3.05, 3.63) is 64.5 Å². The van der Waals surface area contributed by atoms with Crippen LogP contribution in [0.3, 0.4) is 0 Å². The van der Waals surface area contributed by atoms with Crippen molar-refractivity contribution in [2.75, 3.05) is 0 Å². The van der Waals surface area contributed by atoms with Crippen LogP contribution in [0.25, 0.3) is 0 Å². The molecule has 0 radical (unpaired) electrons. The van der Waals surface area contributed by atoms with Crippen LogP contribution < -0.4 is 4.74 Å². The van der Waals surface area contributed by atoms with Gasteiger partial charge >= 0.3 is 18.4 Å². The van der Waals surface area contributed by atoms with E-state index >= 15 is 8.78 Å². The summed E-state index contributed by atoms with van der Waals surface area (Å²) in [7, 11) is 0. The first-order chi connectivity index (χ1) is 20.6. The minimum absolute atomic E-state index is 0.0297. The molecular formula is C32H36F10O2. The predicted molar refractivity (Wildman–Crippen MR) is 143 cm³/mol. The van der Waals surface area contributed by atoms with Crippen molar-refractivity contribution in [2.24, 2.45) is 11.8 Å². The SMILES string of the molecule is CCCCCc1ccc(C2CCC(C(F)(F)OC3CCC(C(F)(F)Oc4cc(F)c(C(F)(F)F)c(F)c4)CC3)CC2)c(F)c1. The van der Waals surface area contributed by atoms with E-state index in [0.29, 0.717) is 18.4 Å². The molecule has 2 saturated carbocycles. The van der Waals surface area contributed by atoms with E-state index in [1.165, 1.54) is 6.07 Å². The van der Waals surface area contributed by atoms with Gasteiger partial charge in [0.25, 0.3) is 0 Å². The summed E-state index contributed by atoms with van der Waals surface area (Å²) in [6.45, 7) is 2.09. The van der Waals surface area contributed by atoms with Crippen LogP contribution in [0.4, 0.5) is 43.9 Å². The number of unbranched alkanes of at least 4 members (excludes halogenated alkanes) is 2. The van der Waals surface area contributed by atoms with Gasteiger partial charge in [-0.3, -0.25) is 0 Å². The molecule has 0 amide bonds. The molecule has 2 aliphatic rings. The topological polar surface area (TPSA) is 18.5 Å². The Labute approximate surface area is 250 Å². The van der Waals surface area contributed by atoms with Crippen molar-refractivity contribution in [1.29, 1.82) is 0 Å². The number of rotatable bonds is 11. The van der Waals surface area contributed by atoms with Crippen molar-refractivity contribution in [2.45, 2.75) is 114 Å². The standard InChI is InChI=1S/C32H36F10O2/c1-2-3-4-5-19-6-15-25(26(33)16-19)20-7-9-21(10-8-20)31(39,40)43-23-13-11-22(12-14-23)32(41,42)44-24-17-27(34)29(28(35)18-24)30(36,37)38/h6,15-18,20-23H,2-5,7-14H2,1H3. The summed E-state index contributed by atoms with van der Waals surface area (Å²) in [5.74, 6) is -8.47. The number of hydrogen-bond donors (Lipinski definition) is 0. The number of alkyl halides is 7. The molecule has 4 rings (SSSR count). The van der Waals surface area contributed by atoms with Crippen LogP contribution in [-0.2, 0) is 17.3 Å². The average Bonchev–Trinajstić information content (AvgIpc) is 2.92. The van der Waals surface area contributed by atoms with Crippen LogP contribution in [0, 0.1) is 29.3 Å². The molecule has 0 N–H and O–H groups in total. The lowest BCUT2D eigenvalue weighted by molar-refractivity contribution is -0.305. The molecule has 12 heteroatoms. The summed E-state index contributed by atoms with van der Waals surface area (Å²) < 4.78 is 150. The van der Waals surface area contributed by atoms with Crippen LogP contribution in [0.2, 0.25) is 0 Å². The fourth-order valence-electron chi connectivity index (χ4n) is 6.33. The summed E-state index contributed by atoms with van der Waals surface area (Å²) in [4.78, 5) is 0. The van der Waals surface area contributed by atoms with Gasteiger partial charge < -0.3 is 9.47 Å². The quantitative estimate of drug-likeness (QED) is 0.179. The molecule has 0 aromatic heterocycles. The fourth-order valence-corrected chi connectivity index (χ4v) is 6.33. The molecule has 246 valence electrons. The maximum atomic E-state index is 15.1. The van der Waals surface area contributed by atoms with Gasteiger partial charge in [0.05, 0.1) is 17.9 Å². The number of aryl methyl sites for hydroxylation is 1. The predicted octanol–water partition coefficient (Wildman–Crippen LogP) is 11.0. The lowest BCUT2D eigenvalue weighted by atomic mass is 9.77. The second kappa shape index (κ2) is 13.9. The Morgan fingerprint density at radius 2 is 1.25 bits per heavy atom. The highest BCUT2D eigenvalue weighted by Gasteiger charge is 2.49. The minimum atomic E-state index is -5.37. The van der Waals surface area contributed by atoms with E-state index < -0.39 is 59.3 Å². The summed E-state index contributed by atoms with van der Waals surface area (Å²) in [6, 6.07) is 5.23. The zero-order valence-corrected chi connectivity index (χ0v) is 24.3. The number of benzene rings is 2. The average molecular weight is 643 g/mol. The van der Waals surface area contributed by atoms with E-state index in [0.717, 1.165) is 31.2 Å². The van der Waals surface area contributed by atoms with E-state index in [4.69, 9.17) is 4.74 Å². The van der Waals surface area contributed by atoms with Crippen molar-refractivity contribution >= 4 is 0 Å². The molecule has 2 aromatic rings. The largest absolute Gasteiger partial charge is 0.432 e. The molecule has 0 aliphatic heterocycles. The smallest absolute Gasteiger partial charge is 0.422 e. The highest BCUT2D eigenvalue weighted by molar-refractivity contribution is 5.32. The third-order valence-corrected chi connectivity index (χ3v) is 8.80. The summed E-state index contributed by atoms with van der Waals surface area (Å²) in [5.41, 5.74) is -0.788. The molecule has 2 fully saturated rings. The van der Waals surface area contributed by atoms with Gasteiger partial charge in [-0.25, -0.2) is 13.2 Å². The van der Waals surface area contributed by atoms with Gasteiger partial charge in [-0.2, -0.15) is 30.7 Å². The number of ether oxygens (including phenoxy) is 2. The Balaban J connectivity index is 1.27. The van der Waals surface area contributed by atoms with Gasteiger partial charge in [0.1, 0.15) is 28.8 Å². The third kappa shape index (κ3) is 8.40. The zero-order chi connectivity index (χ0) is 32.3. The molecule has 0 heterocycles. The monoisotopic (exact) mass is 642 g/mol. The van der Waals surface area contributed by atoms with E-state index in [1.807, 2.05) is 6.07 Å². The van der Waals surface area contributed by atoms with Gasteiger partial charge in [0.2, 0.25) is 0 Å². The van der Waals surface area contributed by atoms with Crippen LogP contribution in [0.1, 0.15) is 100 Å². The Morgan fingerprint density at radius 3 is 1.80 bits per heavy atom. The van der Waals surface area contributed by atoms with E-state index in [2.05, 4.69) is 11.7 Å². The first kappa shape index (κ1) is 34.4. The fraction of sp³-hybridized carbons (Fsp3) is 0.625. The first-order valence-electron chi connectivity index (χ1n) is 15.1. The molecule has 0 bridgehead atoms. The van der Waals surface area contributed by atoms with Crippen LogP contribution in [0.5, 0.6) is 5.75 Å². The van der Waals surface area contributed by atoms with Crippen LogP contribution in [-0.4, -0.2) is 18.3 Å². The summed E-state index contributed by atoms with van der Waals surface area (Å²) in [6.07, 6.45) is -10.1. The Morgan fingerprint density at radius 1 is 0.682 bits per heavy atom. The molecule has 2 nitrogen and oxygen atoms in total. The lowest BCUT2D eigenvalue weighted by Gasteiger charge is -2.38. The number of hydrogen-bond acceptors (Lipinski definition) is 2. The summed E-state index contributed by atoms with van der Waals surface area (Å²) >= 11 is 0. The van der Waals surface area contributed by atoms with Gasteiger partial charge in [0, 0.05) is 12.1 Å². The Kier molecular flexibility index (Phi) is 10.8. The maximum absolute atomic E-state index is 15.1.